The molecule has 0 radical (unpaired) electrons. The lowest BCUT2D eigenvalue weighted by Gasteiger charge is -2.23. The van der Waals surface area contributed by atoms with E-state index in [1.54, 1.807) is 0 Å². The van der Waals surface area contributed by atoms with Crippen LogP contribution in [0.15, 0.2) is 0 Å². The van der Waals surface area contributed by atoms with Crippen molar-refractivity contribution in [2.45, 2.75) is 26.3 Å². The van der Waals surface area contributed by atoms with Crippen LogP contribution < -0.4 is 11.1 Å². The van der Waals surface area contributed by atoms with Crippen LogP contribution in [0.2, 0.25) is 0 Å². The van der Waals surface area contributed by atoms with Gasteiger partial charge in [-0.05, 0) is 26.0 Å². The maximum atomic E-state index is 11.0. The Morgan fingerprint density at radius 3 is 2.85 bits per heavy atom. The van der Waals surface area contributed by atoms with E-state index < -0.39 is 5.41 Å². The average molecular weight is 202 g/mol. The molecule has 0 spiro atoms. The number of nitrogens with one attached hydrogen (secondary N) is 1. The predicted molar refractivity (Wildman–Crippen MR) is 56.7 cm³/mol. The molecule has 0 bridgehead atoms. The third-order valence-corrected chi connectivity index (χ3v) is 3.59. The monoisotopic (exact) mass is 202 g/mol. The van der Waals surface area contributed by atoms with Crippen molar-refractivity contribution in [3.05, 3.63) is 0 Å². The van der Waals surface area contributed by atoms with E-state index in [9.17, 15) is 4.79 Å². The molecule has 0 saturated carbocycles. The van der Waals surface area contributed by atoms with Gasteiger partial charge in [0.15, 0.2) is 0 Å². The fraction of sp³-hybridized carbons (Fsp3) is 0.889. The predicted octanol–water partition coefficient (Wildman–Crippen LogP) is 0.593. The minimum absolute atomic E-state index is 0.231. The van der Waals surface area contributed by atoms with Crippen molar-refractivity contribution in [1.82, 2.24) is 5.32 Å². The fourth-order valence-corrected chi connectivity index (χ4v) is 2.37. The van der Waals surface area contributed by atoms with Crippen molar-refractivity contribution in [2.24, 2.45) is 11.1 Å². The fourth-order valence-electron chi connectivity index (χ4n) is 1.18. The summed E-state index contributed by atoms with van der Waals surface area (Å²) in [4.78, 5) is 11.0. The van der Waals surface area contributed by atoms with Crippen molar-refractivity contribution in [1.29, 1.82) is 0 Å². The number of amides is 1. The molecule has 76 valence electrons. The van der Waals surface area contributed by atoms with Crippen molar-refractivity contribution < 1.29 is 4.79 Å². The lowest BCUT2D eigenvalue weighted by atomic mass is 9.92. The first-order valence-corrected chi connectivity index (χ1v) is 5.79. The van der Waals surface area contributed by atoms with Crippen LogP contribution >= 0.6 is 11.8 Å². The van der Waals surface area contributed by atoms with E-state index in [2.05, 4.69) is 5.32 Å². The first-order valence-electron chi connectivity index (χ1n) is 4.63. The molecule has 0 aromatic rings. The number of hydrogen-bond acceptors (Lipinski definition) is 3. The zero-order chi connectivity index (χ0) is 9.90. The lowest BCUT2D eigenvalue weighted by Crippen LogP contribution is -2.43. The zero-order valence-corrected chi connectivity index (χ0v) is 9.12. The maximum absolute atomic E-state index is 11.0. The Balaban J connectivity index is 2.28. The standard InChI is InChI=1S/C9H18N2OS/c1-9(2,8(10)12)6-11-7-3-4-13-5-7/h7,11H,3-6H2,1-2H3,(H2,10,12). The Kier molecular flexibility index (Phi) is 3.62. The molecular weight excluding hydrogens is 184 g/mol. The van der Waals surface area contributed by atoms with Crippen LogP contribution in [0.25, 0.3) is 0 Å². The molecular formula is C9H18N2OS. The molecule has 4 heteroatoms. The second-order valence-corrected chi connectivity index (χ2v) is 5.34. The highest BCUT2D eigenvalue weighted by molar-refractivity contribution is 7.99. The Bertz CT molecular complexity index is 188. The van der Waals surface area contributed by atoms with Crippen molar-refractivity contribution >= 4 is 17.7 Å². The lowest BCUT2D eigenvalue weighted by molar-refractivity contribution is -0.125. The summed E-state index contributed by atoms with van der Waals surface area (Å²) in [5, 5.41) is 3.38. The second kappa shape index (κ2) is 4.33. The molecule has 3 N–H and O–H groups in total. The normalized spacial score (nSPS) is 23.4. The first kappa shape index (κ1) is 10.9. The molecule has 13 heavy (non-hydrogen) atoms. The van der Waals surface area contributed by atoms with Crippen molar-refractivity contribution in [2.75, 3.05) is 18.1 Å². The summed E-state index contributed by atoms with van der Waals surface area (Å²) >= 11 is 1.96. The van der Waals surface area contributed by atoms with E-state index in [4.69, 9.17) is 5.73 Å². The molecule has 1 fully saturated rings. The number of thioether (sulfide) groups is 1. The topological polar surface area (TPSA) is 55.1 Å². The molecule has 1 atom stereocenters. The van der Waals surface area contributed by atoms with Crippen LogP contribution in [0.3, 0.4) is 0 Å². The molecule has 1 aliphatic rings. The van der Waals surface area contributed by atoms with Crippen molar-refractivity contribution in [3.8, 4) is 0 Å². The summed E-state index contributed by atoms with van der Waals surface area (Å²) in [5.41, 5.74) is 4.85. The molecule has 0 aromatic carbocycles. The van der Waals surface area contributed by atoms with Gasteiger partial charge >= 0.3 is 0 Å². The van der Waals surface area contributed by atoms with Gasteiger partial charge in [0.2, 0.25) is 5.91 Å². The zero-order valence-electron chi connectivity index (χ0n) is 8.30. The summed E-state index contributed by atoms with van der Waals surface area (Å²) in [7, 11) is 0. The molecule has 1 amide bonds. The highest BCUT2D eigenvalue weighted by Gasteiger charge is 2.26. The van der Waals surface area contributed by atoms with Gasteiger partial charge in [0.1, 0.15) is 0 Å². The van der Waals surface area contributed by atoms with Crippen LogP contribution in [0.1, 0.15) is 20.3 Å². The van der Waals surface area contributed by atoms with Gasteiger partial charge in [0, 0.05) is 18.3 Å². The van der Waals surface area contributed by atoms with Crippen LogP contribution in [0.4, 0.5) is 0 Å². The number of nitrogens with two attached hydrogens (primary N) is 1. The quantitative estimate of drug-likeness (QED) is 0.701. The van der Waals surface area contributed by atoms with E-state index in [1.807, 2.05) is 25.6 Å². The highest BCUT2D eigenvalue weighted by atomic mass is 32.2. The Morgan fingerprint density at radius 2 is 2.38 bits per heavy atom. The van der Waals surface area contributed by atoms with Crippen LogP contribution in [0.5, 0.6) is 0 Å². The SMILES string of the molecule is CC(C)(CNC1CCSC1)C(N)=O. The van der Waals surface area contributed by atoms with Gasteiger partial charge in [-0.1, -0.05) is 0 Å². The van der Waals surface area contributed by atoms with E-state index >= 15 is 0 Å². The van der Waals surface area contributed by atoms with Crippen LogP contribution in [0, 0.1) is 5.41 Å². The van der Waals surface area contributed by atoms with E-state index in [0.29, 0.717) is 12.6 Å². The summed E-state index contributed by atoms with van der Waals surface area (Å²) in [6, 6.07) is 0.573. The summed E-state index contributed by atoms with van der Waals surface area (Å²) in [6.45, 7) is 4.45. The van der Waals surface area contributed by atoms with Crippen LogP contribution in [-0.4, -0.2) is 30.0 Å². The number of carbonyl (C=O) groups excluding carboxylic acids is 1. The molecule has 1 aliphatic heterocycles. The summed E-state index contributed by atoms with van der Waals surface area (Å²) in [5.74, 6) is 2.16. The smallest absolute Gasteiger partial charge is 0.224 e. The Hall–Kier alpha value is -0.220. The number of carbonyl (C=O) groups is 1. The Labute approximate surface area is 83.8 Å². The largest absolute Gasteiger partial charge is 0.369 e. The minimum Gasteiger partial charge on any atom is -0.369 e. The molecule has 1 rings (SSSR count). The minimum atomic E-state index is -0.423. The van der Waals surface area contributed by atoms with E-state index in [1.165, 1.54) is 12.2 Å². The van der Waals surface area contributed by atoms with Crippen LogP contribution in [-0.2, 0) is 4.79 Å². The van der Waals surface area contributed by atoms with Crippen molar-refractivity contribution in [3.63, 3.8) is 0 Å². The molecule has 3 nitrogen and oxygen atoms in total. The molecule has 1 heterocycles. The molecule has 1 saturated heterocycles. The molecule has 1 unspecified atom stereocenters. The van der Waals surface area contributed by atoms with E-state index in [-0.39, 0.29) is 5.91 Å². The third kappa shape index (κ3) is 3.19. The van der Waals surface area contributed by atoms with Gasteiger partial charge in [-0.25, -0.2) is 0 Å². The summed E-state index contributed by atoms with van der Waals surface area (Å²) in [6.07, 6.45) is 1.21. The Morgan fingerprint density at radius 1 is 1.69 bits per heavy atom. The summed E-state index contributed by atoms with van der Waals surface area (Å²) < 4.78 is 0. The van der Waals surface area contributed by atoms with Gasteiger partial charge in [-0.15, -0.1) is 0 Å². The average Bonchev–Trinajstić information content (AvgIpc) is 2.52. The van der Waals surface area contributed by atoms with Gasteiger partial charge in [0.25, 0.3) is 0 Å². The molecule has 0 aromatic heterocycles. The van der Waals surface area contributed by atoms with Gasteiger partial charge in [0.05, 0.1) is 5.41 Å². The third-order valence-electron chi connectivity index (χ3n) is 2.43. The number of rotatable bonds is 4. The number of primary amides is 1. The second-order valence-electron chi connectivity index (χ2n) is 4.19. The first-order chi connectivity index (χ1) is 6.02. The molecule has 0 aliphatic carbocycles. The van der Waals surface area contributed by atoms with Gasteiger partial charge < -0.3 is 11.1 Å². The van der Waals surface area contributed by atoms with Gasteiger partial charge in [-0.3, -0.25) is 4.79 Å². The number of hydrogen-bond donors (Lipinski definition) is 2. The highest BCUT2D eigenvalue weighted by Crippen LogP contribution is 2.19. The maximum Gasteiger partial charge on any atom is 0.224 e. The van der Waals surface area contributed by atoms with E-state index in [0.717, 1.165) is 5.75 Å². The van der Waals surface area contributed by atoms with Gasteiger partial charge in [-0.2, -0.15) is 11.8 Å².